The number of carbonyl (C=O) groups is 1. The zero-order valence-corrected chi connectivity index (χ0v) is 10.4. The van der Waals surface area contributed by atoms with E-state index in [-0.39, 0.29) is 11.3 Å². The summed E-state index contributed by atoms with van der Waals surface area (Å²) in [6.45, 7) is 3.78. The number of hydrogen-bond donors (Lipinski definition) is 0. The molecule has 1 aromatic carbocycles. The zero-order valence-electron chi connectivity index (χ0n) is 10.4. The van der Waals surface area contributed by atoms with Crippen LogP contribution in [0.5, 0.6) is 0 Å². The quantitative estimate of drug-likeness (QED) is 0.774. The van der Waals surface area contributed by atoms with Gasteiger partial charge in [-0.2, -0.15) is 0 Å². The van der Waals surface area contributed by atoms with E-state index in [1.54, 1.807) is 30.6 Å². The number of ketones is 1. The lowest BCUT2D eigenvalue weighted by atomic mass is 9.97. The Balaban J connectivity index is 2.51. The maximum atomic E-state index is 13.7. The molecule has 0 aliphatic heterocycles. The van der Waals surface area contributed by atoms with Gasteiger partial charge in [-0.25, -0.2) is 4.39 Å². The summed E-state index contributed by atoms with van der Waals surface area (Å²) in [6.07, 6.45) is 3.91. The average Bonchev–Trinajstić information content (AvgIpc) is 2.40. The van der Waals surface area contributed by atoms with Crippen LogP contribution >= 0.6 is 0 Å². The average molecular weight is 243 g/mol. The molecule has 0 aliphatic rings. The molecule has 0 bridgehead atoms. The molecule has 0 aliphatic carbocycles. The van der Waals surface area contributed by atoms with Gasteiger partial charge in [0.05, 0.1) is 5.56 Å². The van der Waals surface area contributed by atoms with E-state index in [1.165, 1.54) is 6.07 Å². The first-order valence-corrected chi connectivity index (χ1v) is 5.87. The van der Waals surface area contributed by atoms with Crippen molar-refractivity contribution < 1.29 is 9.18 Å². The largest absolute Gasteiger partial charge is 0.288 e. The molecule has 0 N–H and O–H groups in total. The van der Waals surface area contributed by atoms with Crippen molar-refractivity contribution >= 4 is 5.78 Å². The van der Waals surface area contributed by atoms with Crippen LogP contribution in [0.1, 0.15) is 34.0 Å². The summed E-state index contributed by atoms with van der Waals surface area (Å²) in [6, 6.07) is 6.20. The summed E-state index contributed by atoms with van der Waals surface area (Å²) < 4.78 is 13.7. The van der Waals surface area contributed by atoms with E-state index in [9.17, 15) is 9.18 Å². The van der Waals surface area contributed by atoms with Gasteiger partial charge in [-0.15, -0.1) is 0 Å². The van der Waals surface area contributed by atoms with Crippen LogP contribution in [0, 0.1) is 12.7 Å². The number of hydrogen-bond acceptors (Lipinski definition) is 2. The predicted octanol–water partition coefficient (Wildman–Crippen LogP) is 3.32. The van der Waals surface area contributed by atoms with Gasteiger partial charge in [0, 0.05) is 18.0 Å². The molecule has 3 heteroatoms. The molecule has 0 fully saturated rings. The van der Waals surface area contributed by atoms with Crippen LogP contribution in [-0.4, -0.2) is 10.8 Å². The summed E-state index contributed by atoms with van der Waals surface area (Å²) >= 11 is 0. The van der Waals surface area contributed by atoms with Gasteiger partial charge in [-0.1, -0.05) is 18.6 Å². The van der Waals surface area contributed by atoms with Crippen molar-refractivity contribution in [3.05, 3.63) is 64.7 Å². The van der Waals surface area contributed by atoms with Crippen LogP contribution in [0.3, 0.4) is 0 Å². The van der Waals surface area contributed by atoms with Crippen LogP contribution in [0.15, 0.2) is 36.7 Å². The van der Waals surface area contributed by atoms with Crippen molar-refractivity contribution in [3.8, 4) is 0 Å². The topological polar surface area (TPSA) is 30.0 Å². The number of halogens is 1. The Hall–Kier alpha value is -2.03. The lowest BCUT2D eigenvalue weighted by molar-refractivity contribution is 0.103. The zero-order chi connectivity index (χ0) is 13.1. The van der Waals surface area contributed by atoms with Gasteiger partial charge in [-0.3, -0.25) is 9.78 Å². The Bertz CT molecular complexity index is 593. The van der Waals surface area contributed by atoms with Crippen molar-refractivity contribution in [3.63, 3.8) is 0 Å². The Morgan fingerprint density at radius 2 is 2.06 bits per heavy atom. The minimum atomic E-state index is -0.482. The van der Waals surface area contributed by atoms with Crippen LogP contribution in [0.25, 0.3) is 0 Å². The third kappa shape index (κ3) is 2.30. The van der Waals surface area contributed by atoms with E-state index >= 15 is 0 Å². The fraction of sp³-hybridized carbons (Fsp3) is 0.200. The summed E-state index contributed by atoms with van der Waals surface area (Å²) in [5.74, 6) is -0.764. The van der Waals surface area contributed by atoms with E-state index in [1.807, 2.05) is 13.8 Å². The molecule has 1 aromatic heterocycles. The molecule has 0 radical (unpaired) electrons. The fourth-order valence-electron chi connectivity index (χ4n) is 1.89. The second-order valence-electron chi connectivity index (χ2n) is 4.20. The molecular formula is C15H14FNO. The number of benzene rings is 1. The first-order valence-electron chi connectivity index (χ1n) is 5.87. The maximum absolute atomic E-state index is 13.7. The molecule has 0 amide bonds. The van der Waals surface area contributed by atoms with E-state index in [2.05, 4.69) is 4.98 Å². The Morgan fingerprint density at radius 1 is 1.28 bits per heavy atom. The summed E-state index contributed by atoms with van der Waals surface area (Å²) in [7, 11) is 0. The van der Waals surface area contributed by atoms with Crippen molar-refractivity contribution in [1.82, 2.24) is 4.98 Å². The standard InChI is InChI=1S/C15H14FNO/c1-3-11-9-17-7-6-12(11)15(18)13-8-10(2)4-5-14(13)16/h4-9H,3H2,1-2H3. The second kappa shape index (κ2) is 5.08. The normalized spacial score (nSPS) is 10.4. The predicted molar refractivity (Wildman–Crippen MR) is 68.2 cm³/mol. The van der Waals surface area contributed by atoms with E-state index in [0.717, 1.165) is 11.1 Å². The molecular weight excluding hydrogens is 229 g/mol. The number of rotatable bonds is 3. The third-order valence-corrected chi connectivity index (χ3v) is 2.90. The number of aromatic nitrogens is 1. The highest BCUT2D eigenvalue weighted by atomic mass is 19.1. The molecule has 2 nitrogen and oxygen atoms in total. The first-order chi connectivity index (χ1) is 8.63. The van der Waals surface area contributed by atoms with Crippen LogP contribution in [0.4, 0.5) is 4.39 Å². The van der Waals surface area contributed by atoms with Gasteiger partial charge in [0.25, 0.3) is 0 Å². The molecule has 0 atom stereocenters. The SMILES string of the molecule is CCc1cnccc1C(=O)c1cc(C)ccc1F. The van der Waals surface area contributed by atoms with E-state index < -0.39 is 5.82 Å². The molecule has 92 valence electrons. The van der Waals surface area contributed by atoms with Gasteiger partial charge in [0.2, 0.25) is 0 Å². The minimum Gasteiger partial charge on any atom is -0.288 e. The molecule has 2 aromatic rings. The maximum Gasteiger partial charge on any atom is 0.196 e. The number of aryl methyl sites for hydroxylation is 2. The summed E-state index contributed by atoms with van der Waals surface area (Å²) in [5.41, 5.74) is 2.35. The highest BCUT2D eigenvalue weighted by Crippen LogP contribution is 2.18. The monoisotopic (exact) mass is 243 g/mol. The van der Waals surface area contributed by atoms with Crippen LogP contribution in [0.2, 0.25) is 0 Å². The smallest absolute Gasteiger partial charge is 0.196 e. The van der Waals surface area contributed by atoms with Gasteiger partial charge in [0.1, 0.15) is 5.82 Å². The Kier molecular flexibility index (Phi) is 3.51. The molecule has 0 saturated heterocycles. The van der Waals surface area contributed by atoms with Crippen molar-refractivity contribution in [2.45, 2.75) is 20.3 Å². The number of pyridine rings is 1. The fourth-order valence-corrected chi connectivity index (χ4v) is 1.89. The minimum absolute atomic E-state index is 0.121. The number of carbonyl (C=O) groups excluding carboxylic acids is 1. The molecule has 0 unspecified atom stereocenters. The van der Waals surface area contributed by atoms with Crippen LogP contribution in [-0.2, 0) is 6.42 Å². The highest BCUT2D eigenvalue weighted by molar-refractivity contribution is 6.10. The van der Waals surface area contributed by atoms with Crippen molar-refractivity contribution in [2.75, 3.05) is 0 Å². The van der Waals surface area contributed by atoms with Gasteiger partial charge < -0.3 is 0 Å². The third-order valence-electron chi connectivity index (χ3n) is 2.90. The number of nitrogens with zero attached hydrogens (tertiary/aromatic N) is 1. The van der Waals surface area contributed by atoms with E-state index in [0.29, 0.717) is 12.0 Å². The lowest BCUT2D eigenvalue weighted by Crippen LogP contribution is -2.08. The highest BCUT2D eigenvalue weighted by Gasteiger charge is 2.16. The van der Waals surface area contributed by atoms with E-state index in [4.69, 9.17) is 0 Å². The summed E-state index contributed by atoms with van der Waals surface area (Å²) in [5, 5.41) is 0. The Morgan fingerprint density at radius 3 is 2.78 bits per heavy atom. The summed E-state index contributed by atoms with van der Waals surface area (Å²) in [4.78, 5) is 16.3. The van der Waals surface area contributed by atoms with Gasteiger partial charge >= 0.3 is 0 Å². The van der Waals surface area contributed by atoms with Gasteiger partial charge in [-0.05, 0) is 37.1 Å². The van der Waals surface area contributed by atoms with Crippen LogP contribution < -0.4 is 0 Å². The molecule has 1 heterocycles. The van der Waals surface area contributed by atoms with Crippen molar-refractivity contribution in [2.24, 2.45) is 0 Å². The molecule has 0 spiro atoms. The lowest BCUT2D eigenvalue weighted by Gasteiger charge is -2.07. The Labute approximate surface area is 105 Å². The molecule has 2 rings (SSSR count). The van der Waals surface area contributed by atoms with Crippen molar-refractivity contribution in [1.29, 1.82) is 0 Å². The second-order valence-corrected chi connectivity index (χ2v) is 4.20. The molecule has 0 saturated carbocycles. The first kappa shape index (κ1) is 12.4. The molecule has 18 heavy (non-hydrogen) atoms. The van der Waals surface area contributed by atoms with Gasteiger partial charge in [0.15, 0.2) is 5.78 Å².